The van der Waals surface area contributed by atoms with Gasteiger partial charge in [-0.05, 0) is 55.7 Å². The second-order valence-electron chi connectivity index (χ2n) is 7.70. The number of ether oxygens (including phenoxy) is 1. The fourth-order valence-corrected chi connectivity index (χ4v) is 4.00. The number of nitrogens with zero attached hydrogens (tertiary/aromatic N) is 1. The number of allylic oxidation sites excluding steroid dienone is 1. The Kier molecular flexibility index (Phi) is 6.28. The lowest BCUT2D eigenvalue weighted by Crippen LogP contribution is -2.40. The Hall–Kier alpha value is -1.81. The molecule has 1 aliphatic carbocycles. The standard InChI is InChI=1S/C21H31NO3/c1-15(2)18-10-11-21(14-23,13-20(24)22(3)4)12-19(18)16-6-8-17(25-5)9-7-16/h6-9,18-19,23H,1,10-14H2,2-5H3/t18-,19-,21-/m0/s1. The van der Waals surface area contributed by atoms with Crippen LogP contribution in [0.15, 0.2) is 36.4 Å². The Morgan fingerprint density at radius 1 is 1.36 bits per heavy atom. The van der Waals surface area contributed by atoms with Gasteiger partial charge in [0.1, 0.15) is 5.75 Å². The largest absolute Gasteiger partial charge is 0.497 e. The second-order valence-corrected chi connectivity index (χ2v) is 7.70. The molecule has 0 bridgehead atoms. The third-order valence-corrected chi connectivity index (χ3v) is 5.66. The third kappa shape index (κ3) is 4.43. The first kappa shape index (κ1) is 19.5. The lowest BCUT2D eigenvalue weighted by atomic mass is 9.61. The molecule has 0 spiro atoms. The Morgan fingerprint density at radius 2 is 2.00 bits per heavy atom. The molecule has 1 N–H and O–H groups in total. The zero-order valence-electron chi connectivity index (χ0n) is 15.9. The predicted octanol–water partition coefficient (Wildman–Crippen LogP) is 3.61. The van der Waals surface area contributed by atoms with Crippen molar-refractivity contribution in [2.24, 2.45) is 11.3 Å². The average molecular weight is 345 g/mol. The number of hydrogen-bond donors (Lipinski definition) is 1. The minimum Gasteiger partial charge on any atom is -0.497 e. The van der Waals surface area contributed by atoms with E-state index in [9.17, 15) is 9.90 Å². The molecule has 0 saturated heterocycles. The van der Waals surface area contributed by atoms with E-state index in [4.69, 9.17) is 4.74 Å². The normalized spacial score (nSPS) is 26.1. The van der Waals surface area contributed by atoms with Crippen LogP contribution in [0.25, 0.3) is 0 Å². The van der Waals surface area contributed by atoms with Crippen molar-refractivity contribution in [3.8, 4) is 5.75 Å². The maximum Gasteiger partial charge on any atom is 0.222 e. The van der Waals surface area contributed by atoms with Crippen LogP contribution in [0.5, 0.6) is 5.75 Å². The zero-order valence-corrected chi connectivity index (χ0v) is 15.9. The Bertz CT molecular complexity index is 608. The number of aliphatic hydroxyl groups is 1. The molecule has 4 nitrogen and oxygen atoms in total. The number of methoxy groups -OCH3 is 1. The summed E-state index contributed by atoms with van der Waals surface area (Å²) in [4.78, 5) is 13.9. The molecule has 3 atom stereocenters. The number of aliphatic hydroxyl groups excluding tert-OH is 1. The lowest BCUT2D eigenvalue weighted by molar-refractivity contribution is -0.133. The zero-order chi connectivity index (χ0) is 18.6. The number of rotatable bonds is 6. The third-order valence-electron chi connectivity index (χ3n) is 5.66. The number of carbonyl (C=O) groups excluding carboxylic acids is 1. The summed E-state index contributed by atoms with van der Waals surface area (Å²) in [7, 11) is 5.21. The maximum atomic E-state index is 12.3. The van der Waals surface area contributed by atoms with Crippen molar-refractivity contribution in [3.05, 3.63) is 42.0 Å². The Balaban J connectivity index is 2.31. The van der Waals surface area contributed by atoms with Gasteiger partial charge in [0.25, 0.3) is 0 Å². The van der Waals surface area contributed by atoms with Crippen molar-refractivity contribution in [1.29, 1.82) is 0 Å². The van der Waals surface area contributed by atoms with Crippen LogP contribution in [-0.2, 0) is 4.79 Å². The molecular formula is C21H31NO3. The average Bonchev–Trinajstić information content (AvgIpc) is 2.61. The van der Waals surface area contributed by atoms with Gasteiger partial charge in [-0.15, -0.1) is 0 Å². The van der Waals surface area contributed by atoms with Gasteiger partial charge in [0, 0.05) is 32.5 Å². The molecule has 0 aromatic heterocycles. The fraction of sp³-hybridized carbons (Fsp3) is 0.571. The van der Waals surface area contributed by atoms with Gasteiger partial charge in [-0.2, -0.15) is 0 Å². The van der Waals surface area contributed by atoms with Crippen LogP contribution in [0.2, 0.25) is 0 Å². The Labute approximate surface area is 151 Å². The number of benzene rings is 1. The molecule has 138 valence electrons. The van der Waals surface area contributed by atoms with Crippen molar-refractivity contribution < 1.29 is 14.6 Å². The topological polar surface area (TPSA) is 49.8 Å². The number of amides is 1. The van der Waals surface area contributed by atoms with Gasteiger partial charge in [0.15, 0.2) is 0 Å². The summed E-state index contributed by atoms with van der Waals surface area (Å²) in [5.41, 5.74) is 2.05. The van der Waals surface area contributed by atoms with E-state index in [1.807, 2.05) is 12.1 Å². The van der Waals surface area contributed by atoms with E-state index in [1.54, 1.807) is 26.1 Å². The van der Waals surface area contributed by atoms with E-state index in [2.05, 4.69) is 25.6 Å². The summed E-state index contributed by atoms with van der Waals surface area (Å²) in [6.07, 6.45) is 3.00. The summed E-state index contributed by atoms with van der Waals surface area (Å²) in [5, 5.41) is 10.1. The first-order chi connectivity index (χ1) is 11.8. The lowest BCUT2D eigenvalue weighted by Gasteiger charge is -2.44. The van der Waals surface area contributed by atoms with Crippen LogP contribution in [0, 0.1) is 11.3 Å². The summed E-state index contributed by atoms with van der Waals surface area (Å²) in [6, 6.07) is 8.15. The molecule has 0 unspecified atom stereocenters. The first-order valence-corrected chi connectivity index (χ1v) is 8.92. The van der Waals surface area contributed by atoms with Gasteiger partial charge in [-0.25, -0.2) is 0 Å². The molecule has 1 aromatic carbocycles. The van der Waals surface area contributed by atoms with Crippen LogP contribution in [0.1, 0.15) is 44.1 Å². The quantitative estimate of drug-likeness (QED) is 0.801. The van der Waals surface area contributed by atoms with Gasteiger partial charge in [-0.3, -0.25) is 4.79 Å². The van der Waals surface area contributed by atoms with E-state index in [-0.39, 0.29) is 23.8 Å². The van der Waals surface area contributed by atoms with Crippen LogP contribution < -0.4 is 4.74 Å². The first-order valence-electron chi connectivity index (χ1n) is 8.92. The monoisotopic (exact) mass is 345 g/mol. The highest BCUT2D eigenvalue weighted by Crippen LogP contribution is 2.50. The van der Waals surface area contributed by atoms with Crippen LogP contribution in [0.4, 0.5) is 0 Å². The van der Waals surface area contributed by atoms with Gasteiger partial charge < -0.3 is 14.7 Å². The van der Waals surface area contributed by atoms with Gasteiger partial charge in [0.2, 0.25) is 5.91 Å². The minimum atomic E-state index is -0.349. The summed E-state index contributed by atoms with van der Waals surface area (Å²) in [5.74, 6) is 1.56. The highest BCUT2D eigenvalue weighted by Gasteiger charge is 2.42. The molecular weight excluding hydrogens is 314 g/mol. The van der Waals surface area contributed by atoms with E-state index in [0.717, 1.165) is 25.0 Å². The summed E-state index contributed by atoms with van der Waals surface area (Å²) < 4.78 is 5.26. The van der Waals surface area contributed by atoms with Gasteiger partial charge in [0.05, 0.1) is 7.11 Å². The summed E-state index contributed by atoms with van der Waals surface area (Å²) >= 11 is 0. The van der Waals surface area contributed by atoms with Crippen molar-refractivity contribution in [1.82, 2.24) is 4.90 Å². The summed E-state index contributed by atoms with van der Waals surface area (Å²) in [6.45, 7) is 6.31. The molecule has 1 fully saturated rings. The Morgan fingerprint density at radius 3 is 2.48 bits per heavy atom. The molecule has 1 amide bonds. The van der Waals surface area contributed by atoms with E-state index in [1.165, 1.54) is 11.1 Å². The molecule has 1 aromatic rings. The maximum absolute atomic E-state index is 12.3. The van der Waals surface area contributed by atoms with Gasteiger partial charge in [-0.1, -0.05) is 24.3 Å². The van der Waals surface area contributed by atoms with Gasteiger partial charge >= 0.3 is 0 Å². The molecule has 0 heterocycles. The predicted molar refractivity (Wildman–Crippen MR) is 101 cm³/mol. The van der Waals surface area contributed by atoms with Crippen molar-refractivity contribution in [2.75, 3.05) is 27.8 Å². The van der Waals surface area contributed by atoms with E-state index in [0.29, 0.717) is 12.3 Å². The van der Waals surface area contributed by atoms with E-state index >= 15 is 0 Å². The molecule has 25 heavy (non-hydrogen) atoms. The van der Waals surface area contributed by atoms with Crippen molar-refractivity contribution in [3.63, 3.8) is 0 Å². The van der Waals surface area contributed by atoms with Crippen molar-refractivity contribution >= 4 is 5.91 Å². The minimum absolute atomic E-state index is 0.0438. The van der Waals surface area contributed by atoms with Crippen LogP contribution in [0.3, 0.4) is 0 Å². The molecule has 4 heteroatoms. The number of carbonyl (C=O) groups is 1. The molecule has 0 aliphatic heterocycles. The second kappa shape index (κ2) is 8.05. The number of hydrogen-bond acceptors (Lipinski definition) is 3. The molecule has 0 radical (unpaired) electrons. The van der Waals surface area contributed by atoms with Crippen molar-refractivity contribution in [2.45, 2.75) is 38.5 Å². The SMILES string of the molecule is C=C(C)[C@@H]1CC[C@@](CO)(CC(=O)N(C)C)C[C@H]1c1ccc(OC)cc1. The molecule has 2 rings (SSSR count). The highest BCUT2D eigenvalue weighted by atomic mass is 16.5. The van der Waals surface area contributed by atoms with E-state index < -0.39 is 0 Å². The fourth-order valence-electron chi connectivity index (χ4n) is 4.00. The molecule has 1 aliphatic rings. The smallest absolute Gasteiger partial charge is 0.222 e. The van der Waals surface area contributed by atoms with Crippen LogP contribution >= 0.6 is 0 Å². The highest BCUT2D eigenvalue weighted by molar-refractivity contribution is 5.76. The molecule has 1 saturated carbocycles. The van der Waals surface area contributed by atoms with Crippen LogP contribution in [-0.4, -0.2) is 43.7 Å².